The van der Waals surface area contributed by atoms with Gasteiger partial charge < -0.3 is 24.3 Å². The van der Waals surface area contributed by atoms with Gasteiger partial charge in [0, 0.05) is 51.6 Å². The maximum Gasteiger partial charge on any atom is 0.410 e. The maximum atomic E-state index is 12.9. The third kappa shape index (κ3) is 6.14. The molecule has 10 nitrogen and oxygen atoms in total. The van der Waals surface area contributed by atoms with Crippen molar-refractivity contribution in [2.24, 2.45) is 7.05 Å². The number of hydrogen-bond acceptors (Lipinski definition) is 7. The van der Waals surface area contributed by atoms with Gasteiger partial charge in [0.2, 0.25) is 5.91 Å². The van der Waals surface area contributed by atoms with Gasteiger partial charge in [0.25, 0.3) is 0 Å². The Hall–Kier alpha value is -3.73. The van der Waals surface area contributed by atoms with Crippen LogP contribution in [0.25, 0.3) is 11.6 Å². The van der Waals surface area contributed by atoms with Crippen molar-refractivity contribution < 1.29 is 19.1 Å². The Morgan fingerprint density at radius 3 is 2.63 bits per heavy atom. The van der Waals surface area contributed by atoms with Crippen molar-refractivity contribution in [3.8, 4) is 0 Å². The first-order valence-electron chi connectivity index (χ1n) is 13.7. The molecule has 1 N–H and O–H groups in total. The van der Waals surface area contributed by atoms with Gasteiger partial charge in [-0.2, -0.15) is 0 Å². The first-order chi connectivity index (χ1) is 19.8. The monoisotopic (exact) mass is 578 g/mol. The zero-order valence-electron chi connectivity index (χ0n) is 23.7. The van der Waals surface area contributed by atoms with E-state index < -0.39 is 6.04 Å². The van der Waals surface area contributed by atoms with E-state index >= 15 is 0 Å². The van der Waals surface area contributed by atoms with Crippen molar-refractivity contribution in [1.29, 1.82) is 0 Å². The lowest BCUT2D eigenvalue weighted by Gasteiger charge is -2.39. The summed E-state index contributed by atoms with van der Waals surface area (Å²) in [4.78, 5) is 38.8. The molecule has 0 radical (unpaired) electrons. The summed E-state index contributed by atoms with van der Waals surface area (Å²) in [5.74, 6) is -0.250. The fraction of sp³-hybridized carbons (Fsp3) is 0.400. The number of aryl methyl sites for hydroxylation is 1. The highest BCUT2D eigenvalue weighted by Crippen LogP contribution is 2.44. The molecule has 41 heavy (non-hydrogen) atoms. The molecule has 5 rings (SSSR count). The highest BCUT2D eigenvalue weighted by atomic mass is 35.5. The van der Waals surface area contributed by atoms with Crippen LogP contribution >= 0.6 is 11.6 Å². The molecule has 1 saturated heterocycles. The molecule has 1 aliphatic carbocycles. The maximum absolute atomic E-state index is 12.9. The molecule has 2 amide bonds. The van der Waals surface area contributed by atoms with Gasteiger partial charge in [-0.25, -0.2) is 9.78 Å². The minimum Gasteiger partial charge on any atom is -0.447 e. The molecular weight excluding hydrogens is 544 g/mol. The highest BCUT2D eigenvalue weighted by Gasteiger charge is 2.36. The van der Waals surface area contributed by atoms with E-state index in [9.17, 15) is 9.59 Å². The van der Waals surface area contributed by atoms with Gasteiger partial charge in [0.1, 0.15) is 6.61 Å². The van der Waals surface area contributed by atoms with Crippen LogP contribution in [0.2, 0.25) is 5.02 Å². The van der Waals surface area contributed by atoms with Crippen LogP contribution in [0.5, 0.6) is 0 Å². The van der Waals surface area contributed by atoms with Crippen molar-refractivity contribution >= 4 is 35.3 Å². The summed E-state index contributed by atoms with van der Waals surface area (Å²) in [6, 6.07) is 9.10. The fourth-order valence-corrected chi connectivity index (χ4v) is 5.70. The van der Waals surface area contributed by atoms with E-state index in [0.717, 1.165) is 33.7 Å². The number of aromatic nitrogens is 3. The zero-order chi connectivity index (χ0) is 29.1. The number of nitrogens with zero attached hydrogens (tertiary/aromatic N) is 5. The first kappa shape index (κ1) is 28.8. The first-order valence-corrected chi connectivity index (χ1v) is 14.0. The Morgan fingerprint density at radius 1 is 1.17 bits per heavy atom. The summed E-state index contributed by atoms with van der Waals surface area (Å²) in [6.45, 7) is 5.99. The summed E-state index contributed by atoms with van der Waals surface area (Å²) in [5.41, 5.74) is 5.45. The van der Waals surface area contributed by atoms with Crippen LogP contribution in [-0.2, 0) is 21.3 Å². The van der Waals surface area contributed by atoms with Crippen LogP contribution in [0, 0.1) is 0 Å². The standard InChI is InChI=1S/C30H35ClN6O4/c1-19(2)41-30(39)37-12-10-36(11-13-37)29-22-8-7-21(31)15-23(22)24(14-20-6-5-9-33-27(20)29)28(34-26(38)17-40-4)25-16-32-18-35(25)3/h5-9,14-16,18-19,28-29H,10-13,17H2,1-4H3,(H,34,38). The number of imidazole rings is 1. The number of halogens is 1. The quantitative estimate of drug-likeness (QED) is 0.451. The molecule has 2 aromatic heterocycles. The lowest BCUT2D eigenvalue weighted by atomic mass is 9.89. The van der Waals surface area contributed by atoms with Gasteiger partial charge in [0.15, 0.2) is 0 Å². The lowest BCUT2D eigenvalue weighted by Crippen LogP contribution is -2.50. The second kappa shape index (κ2) is 12.4. The van der Waals surface area contributed by atoms with Crippen molar-refractivity contribution in [1.82, 2.24) is 29.7 Å². The van der Waals surface area contributed by atoms with E-state index in [1.165, 1.54) is 7.11 Å². The zero-order valence-corrected chi connectivity index (χ0v) is 24.5. The predicted molar refractivity (Wildman–Crippen MR) is 156 cm³/mol. The molecule has 0 bridgehead atoms. The molecule has 0 saturated carbocycles. The highest BCUT2D eigenvalue weighted by molar-refractivity contribution is 6.30. The number of amides is 2. The second-order valence-corrected chi connectivity index (χ2v) is 11.0. The fourth-order valence-electron chi connectivity index (χ4n) is 5.53. The van der Waals surface area contributed by atoms with Crippen molar-refractivity contribution in [3.05, 3.63) is 82.2 Å². The molecule has 1 aliphatic heterocycles. The van der Waals surface area contributed by atoms with Gasteiger partial charge in [-0.3, -0.25) is 14.7 Å². The number of pyridine rings is 1. The van der Waals surface area contributed by atoms with Crippen molar-refractivity contribution in [2.45, 2.75) is 32.0 Å². The number of rotatable bonds is 7. The third-order valence-corrected chi connectivity index (χ3v) is 7.61. The molecule has 1 fully saturated rings. The number of ether oxygens (including phenoxy) is 2. The number of hydrogen-bond donors (Lipinski definition) is 1. The number of carbonyl (C=O) groups is 2. The van der Waals surface area contributed by atoms with Crippen LogP contribution < -0.4 is 5.32 Å². The third-order valence-electron chi connectivity index (χ3n) is 7.38. The number of benzene rings is 1. The van der Waals surface area contributed by atoms with E-state index in [2.05, 4.69) is 21.3 Å². The van der Waals surface area contributed by atoms with E-state index in [0.29, 0.717) is 31.2 Å². The lowest BCUT2D eigenvalue weighted by molar-refractivity contribution is -0.125. The molecule has 2 unspecified atom stereocenters. The Balaban J connectivity index is 1.59. The minimum atomic E-state index is -0.531. The summed E-state index contributed by atoms with van der Waals surface area (Å²) < 4.78 is 12.5. The van der Waals surface area contributed by atoms with Gasteiger partial charge in [0.05, 0.1) is 42.1 Å². The molecule has 2 atom stereocenters. The molecular formula is C30H35ClN6O4. The number of methoxy groups -OCH3 is 1. The second-order valence-electron chi connectivity index (χ2n) is 10.5. The Kier molecular flexibility index (Phi) is 8.72. The number of fused-ring (bicyclic) bond motifs is 2. The molecule has 2 aliphatic rings. The largest absolute Gasteiger partial charge is 0.447 e. The van der Waals surface area contributed by atoms with Crippen LogP contribution in [0.15, 0.2) is 49.1 Å². The summed E-state index contributed by atoms with van der Waals surface area (Å²) in [7, 11) is 3.39. The number of piperazine rings is 1. The summed E-state index contributed by atoms with van der Waals surface area (Å²) in [5, 5.41) is 3.73. The number of carbonyl (C=O) groups excluding carboxylic acids is 2. The predicted octanol–water partition coefficient (Wildman–Crippen LogP) is 4.08. The van der Waals surface area contributed by atoms with Crippen LogP contribution in [0.1, 0.15) is 54.0 Å². The van der Waals surface area contributed by atoms with Gasteiger partial charge in [-0.05, 0) is 60.4 Å². The van der Waals surface area contributed by atoms with E-state index in [-0.39, 0.29) is 30.8 Å². The molecule has 11 heteroatoms. The molecule has 0 spiro atoms. The van der Waals surface area contributed by atoms with Crippen molar-refractivity contribution in [2.75, 3.05) is 39.9 Å². The SMILES string of the molecule is COCC(=O)NC(C1=Cc2cccnc2C(N2CCN(C(=O)OC(C)C)CC2)c2ccc(Cl)cc21)c1cncn1C. The number of nitrogens with one attached hydrogen (secondary N) is 1. The Bertz CT molecular complexity index is 1450. The average Bonchev–Trinajstić information content (AvgIpc) is 3.31. The van der Waals surface area contributed by atoms with Gasteiger partial charge in [-0.1, -0.05) is 23.7 Å². The normalized spacial score (nSPS) is 17.8. The van der Waals surface area contributed by atoms with E-state index in [1.54, 1.807) is 23.6 Å². The topological polar surface area (TPSA) is 102 Å². The minimum absolute atomic E-state index is 0.0751. The molecule has 3 aromatic rings. The Labute approximate surface area is 244 Å². The summed E-state index contributed by atoms with van der Waals surface area (Å²) >= 11 is 6.61. The average molecular weight is 579 g/mol. The summed E-state index contributed by atoms with van der Waals surface area (Å²) in [6.07, 6.45) is 6.89. The van der Waals surface area contributed by atoms with Gasteiger partial charge in [-0.15, -0.1) is 0 Å². The molecule has 3 heterocycles. The van der Waals surface area contributed by atoms with Crippen LogP contribution in [0.4, 0.5) is 4.79 Å². The van der Waals surface area contributed by atoms with Gasteiger partial charge >= 0.3 is 6.09 Å². The smallest absolute Gasteiger partial charge is 0.410 e. The van der Waals surface area contributed by atoms with Crippen LogP contribution in [0.3, 0.4) is 0 Å². The Morgan fingerprint density at radius 2 is 1.95 bits per heavy atom. The van der Waals surface area contributed by atoms with Crippen molar-refractivity contribution in [3.63, 3.8) is 0 Å². The molecule has 1 aromatic carbocycles. The van der Waals surface area contributed by atoms with Crippen LogP contribution in [-0.4, -0.2) is 82.3 Å². The van der Waals surface area contributed by atoms with E-state index in [1.807, 2.05) is 55.8 Å². The van der Waals surface area contributed by atoms with E-state index in [4.69, 9.17) is 26.1 Å². The molecule has 216 valence electrons.